The van der Waals surface area contributed by atoms with E-state index < -0.39 is 17.6 Å². The molecule has 0 radical (unpaired) electrons. The largest absolute Gasteiger partial charge is 0.497 e. The van der Waals surface area contributed by atoms with Gasteiger partial charge in [0.05, 0.1) is 13.2 Å². The van der Waals surface area contributed by atoms with Gasteiger partial charge in [0.2, 0.25) is 0 Å². The third kappa shape index (κ3) is 3.94. The molecule has 0 saturated heterocycles. The van der Waals surface area contributed by atoms with Crippen LogP contribution < -0.4 is 10.1 Å². The smallest absolute Gasteiger partial charge is 0.323 e. The molecule has 1 aromatic carbocycles. The highest BCUT2D eigenvalue weighted by atomic mass is 16.5. The number of carboxylic acids is 1. The number of benzene rings is 1. The van der Waals surface area contributed by atoms with Crippen molar-refractivity contribution >= 4 is 5.97 Å². The average molecular weight is 267 g/mol. The lowest BCUT2D eigenvalue weighted by molar-refractivity contribution is -0.144. The number of nitrogens with one attached hydrogen (secondary N) is 1. The zero-order valence-electron chi connectivity index (χ0n) is 11.5. The molecule has 0 amide bonds. The maximum atomic E-state index is 11.1. The van der Waals surface area contributed by atoms with Gasteiger partial charge < -0.3 is 14.9 Å². The third-order valence-corrected chi connectivity index (χ3v) is 3.34. The first kappa shape index (κ1) is 15.5. The molecule has 2 atom stereocenters. The van der Waals surface area contributed by atoms with Crippen LogP contribution >= 0.6 is 0 Å². The molecule has 3 N–H and O–H groups in total. The van der Waals surface area contributed by atoms with Crippen LogP contribution in [-0.4, -0.2) is 35.4 Å². The lowest BCUT2D eigenvalue weighted by atomic mass is 9.98. The summed E-state index contributed by atoms with van der Waals surface area (Å²) in [6, 6.07) is 7.08. The Labute approximate surface area is 113 Å². The van der Waals surface area contributed by atoms with Crippen molar-refractivity contribution in [2.24, 2.45) is 0 Å². The molecule has 1 aromatic rings. The molecule has 0 spiro atoms. The van der Waals surface area contributed by atoms with Gasteiger partial charge in [-0.3, -0.25) is 10.1 Å². The van der Waals surface area contributed by atoms with Crippen LogP contribution in [-0.2, 0) is 4.79 Å². The Bertz CT molecular complexity index is 435. The Morgan fingerprint density at radius 3 is 2.74 bits per heavy atom. The molecule has 1 rings (SSSR count). The number of rotatable bonds is 7. The second-order valence-electron chi connectivity index (χ2n) is 4.66. The zero-order valence-corrected chi connectivity index (χ0v) is 11.5. The summed E-state index contributed by atoms with van der Waals surface area (Å²) in [5.74, 6) is -0.263. The number of carbonyl (C=O) groups is 1. The lowest BCUT2D eigenvalue weighted by Crippen LogP contribution is -2.50. The van der Waals surface area contributed by atoms with Gasteiger partial charge in [0.15, 0.2) is 0 Å². The Balaban J connectivity index is 2.69. The van der Waals surface area contributed by atoms with Crippen molar-refractivity contribution in [2.75, 3.05) is 13.7 Å². The number of ether oxygens (including phenoxy) is 1. The van der Waals surface area contributed by atoms with Crippen molar-refractivity contribution in [1.29, 1.82) is 0 Å². The monoisotopic (exact) mass is 267 g/mol. The molecule has 5 heteroatoms. The molecule has 2 unspecified atom stereocenters. The van der Waals surface area contributed by atoms with Crippen LogP contribution in [0.1, 0.15) is 31.9 Å². The van der Waals surface area contributed by atoms with Gasteiger partial charge in [-0.2, -0.15) is 0 Å². The number of hydrogen-bond acceptors (Lipinski definition) is 4. The summed E-state index contributed by atoms with van der Waals surface area (Å²) in [5.41, 5.74) is -0.337. The van der Waals surface area contributed by atoms with Crippen LogP contribution in [0.5, 0.6) is 5.75 Å². The summed E-state index contributed by atoms with van der Waals surface area (Å²) in [7, 11) is 1.56. The van der Waals surface area contributed by atoms with Gasteiger partial charge in [-0.05, 0) is 31.0 Å². The third-order valence-electron chi connectivity index (χ3n) is 3.34. The second kappa shape index (κ2) is 6.54. The molecular formula is C14H21NO4. The zero-order chi connectivity index (χ0) is 14.5. The summed E-state index contributed by atoms with van der Waals surface area (Å²) in [5, 5.41) is 22.1. The quantitative estimate of drug-likeness (QED) is 0.699. The summed E-state index contributed by atoms with van der Waals surface area (Å²) in [6.45, 7) is 3.57. The predicted octanol–water partition coefficient (Wildman–Crippen LogP) is 1.57. The van der Waals surface area contributed by atoms with Crippen molar-refractivity contribution in [2.45, 2.75) is 31.9 Å². The van der Waals surface area contributed by atoms with E-state index in [1.54, 1.807) is 45.2 Å². The van der Waals surface area contributed by atoms with Crippen LogP contribution in [0.25, 0.3) is 0 Å². The molecule has 0 fully saturated rings. The number of aliphatic hydroxyl groups excluding tert-OH is 1. The number of aliphatic carboxylic acids is 1. The molecule has 0 aliphatic heterocycles. The van der Waals surface area contributed by atoms with Gasteiger partial charge in [-0.1, -0.05) is 19.1 Å². The van der Waals surface area contributed by atoms with E-state index in [0.717, 1.165) is 0 Å². The average Bonchev–Trinajstić information content (AvgIpc) is 2.44. The number of methoxy groups -OCH3 is 1. The Hall–Kier alpha value is -1.59. The highest BCUT2D eigenvalue weighted by Gasteiger charge is 2.30. The van der Waals surface area contributed by atoms with E-state index in [1.807, 2.05) is 0 Å². The van der Waals surface area contributed by atoms with Crippen LogP contribution in [0, 0.1) is 0 Å². The van der Waals surface area contributed by atoms with Crippen LogP contribution in [0.3, 0.4) is 0 Å². The van der Waals surface area contributed by atoms with Crippen LogP contribution in [0.15, 0.2) is 24.3 Å². The Kier molecular flexibility index (Phi) is 5.32. The van der Waals surface area contributed by atoms with E-state index in [9.17, 15) is 9.90 Å². The first-order chi connectivity index (χ1) is 8.92. The van der Waals surface area contributed by atoms with Gasteiger partial charge in [0.25, 0.3) is 0 Å². The van der Waals surface area contributed by atoms with E-state index in [1.165, 1.54) is 0 Å². The molecule has 0 aliphatic carbocycles. The molecule has 0 heterocycles. The Morgan fingerprint density at radius 2 is 2.21 bits per heavy atom. The van der Waals surface area contributed by atoms with Crippen molar-refractivity contribution in [3.05, 3.63) is 29.8 Å². The van der Waals surface area contributed by atoms with E-state index in [2.05, 4.69) is 5.32 Å². The number of hydrogen-bond donors (Lipinski definition) is 3. The molecule has 19 heavy (non-hydrogen) atoms. The fourth-order valence-corrected chi connectivity index (χ4v) is 1.64. The highest BCUT2D eigenvalue weighted by molar-refractivity contribution is 5.78. The summed E-state index contributed by atoms with van der Waals surface area (Å²) < 4.78 is 5.08. The minimum Gasteiger partial charge on any atom is -0.497 e. The summed E-state index contributed by atoms with van der Waals surface area (Å²) in [4.78, 5) is 11.1. The minimum atomic E-state index is -1.03. The fourth-order valence-electron chi connectivity index (χ4n) is 1.64. The maximum absolute atomic E-state index is 11.1. The van der Waals surface area contributed by atoms with E-state index in [0.29, 0.717) is 17.7 Å². The first-order valence-electron chi connectivity index (χ1n) is 6.23. The van der Waals surface area contributed by atoms with Crippen molar-refractivity contribution in [3.8, 4) is 5.75 Å². The van der Waals surface area contributed by atoms with Crippen LogP contribution in [0.4, 0.5) is 0 Å². The second-order valence-corrected chi connectivity index (χ2v) is 4.66. The molecule has 5 nitrogen and oxygen atoms in total. The molecule has 0 saturated carbocycles. The SMILES string of the molecule is CCC(C)(NCC(O)c1cccc(OC)c1)C(=O)O. The molecular weight excluding hydrogens is 246 g/mol. The molecule has 0 aromatic heterocycles. The van der Waals surface area contributed by atoms with Crippen molar-refractivity contribution < 1.29 is 19.7 Å². The predicted molar refractivity (Wildman–Crippen MR) is 72.3 cm³/mol. The number of carboxylic acid groups (broad SMARTS) is 1. The van der Waals surface area contributed by atoms with Crippen molar-refractivity contribution in [3.63, 3.8) is 0 Å². The number of aliphatic hydroxyl groups is 1. The van der Waals surface area contributed by atoms with Gasteiger partial charge in [0.1, 0.15) is 11.3 Å². The molecule has 0 aliphatic rings. The topological polar surface area (TPSA) is 78.8 Å². The Morgan fingerprint density at radius 1 is 1.53 bits per heavy atom. The maximum Gasteiger partial charge on any atom is 0.323 e. The lowest BCUT2D eigenvalue weighted by Gasteiger charge is -2.26. The van der Waals surface area contributed by atoms with Gasteiger partial charge in [-0.25, -0.2) is 0 Å². The summed E-state index contributed by atoms with van der Waals surface area (Å²) >= 11 is 0. The van der Waals surface area contributed by atoms with Gasteiger partial charge in [-0.15, -0.1) is 0 Å². The number of β-amino-alcohol motifs (C(OH)–C–C–N with tert-alkyl or cyclic N) is 1. The van der Waals surface area contributed by atoms with Crippen LogP contribution in [0.2, 0.25) is 0 Å². The normalized spacial score (nSPS) is 15.6. The minimum absolute atomic E-state index is 0.170. The first-order valence-corrected chi connectivity index (χ1v) is 6.23. The fraction of sp³-hybridized carbons (Fsp3) is 0.500. The molecule has 106 valence electrons. The standard InChI is InChI=1S/C14H21NO4/c1-4-14(2,13(17)18)15-9-12(16)10-6-5-7-11(8-10)19-3/h5-8,12,15-16H,4,9H2,1-3H3,(H,17,18). The van der Waals surface area contributed by atoms with E-state index in [4.69, 9.17) is 9.84 Å². The van der Waals surface area contributed by atoms with E-state index >= 15 is 0 Å². The van der Waals surface area contributed by atoms with E-state index in [-0.39, 0.29) is 6.54 Å². The summed E-state index contributed by atoms with van der Waals surface area (Å²) in [6.07, 6.45) is -0.340. The van der Waals surface area contributed by atoms with Gasteiger partial charge in [0, 0.05) is 6.54 Å². The highest BCUT2D eigenvalue weighted by Crippen LogP contribution is 2.19. The van der Waals surface area contributed by atoms with Gasteiger partial charge >= 0.3 is 5.97 Å². The molecule has 0 bridgehead atoms. The van der Waals surface area contributed by atoms with Crippen molar-refractivity contribution in [1.82, 2.24) is 5.32 Å².